The Morgan fingerprint density at radius 1 is 0.897 bits per heavy atom. The molecule has 1 aliphatic rings. The lowest BCUT2D eigenvalue weighted by Gasteiger charge is -2.16. The molecule has 2 nitrogen and oxygen atoms in total. The summed E-state index contributed by atoms with van der Waals surface area (Å²) < 4.78 is 4.79. The molecule has 0 saturated heterocycles. The van der Waals surface area contributed by atoms with Crippen LogP contribution in [0.15, 0.2) is 73.1 Å². The van der Waals surface area contributed by atoms with E-state index < -0.39 is 0 Å². The smallest absolute Gasteiger partial charge is 0.174 e. The van der Waals surface area contributed by atoms with Gasteiger partial charge in [0.25, 0.3) is 0 Å². The van der Waals surface area contributed by atoms with E-state index in [1.807, 2.05) is 18.2 Å². The summed E-state index contributed by atoms with van der Waals surface area (Å²) in [6, 6.07) is 21.4. The number of halogens is 2. The Morgan fingerprint density at radius 2 is 1.72 bits per heavy atom. The van der Waals surface area contributed by atoms with Crippen molar-refractivity contribution in [3.05, 3.63) is 100 Å². The fourth-order valence-corrected chi connectivity index (χ4v) is 4.78. The van der Waals surface area contributed by atoms with Gasteiger partial charge in [-0.25, -0.2) is 4.57 Å². The summed E-state index contributed by atoms with van der Waals surface area (Å²) in [5.74, 6) is 0. The van der Waals surface area contributed by atoms with Crippen molar-refractivity contribution in [2.75, 3.05) is 0 Å². The molecule has 0 unspecified atom stereocenters. The number of para-hydroxylation sites is 1. The van der Waals surface area contributed by atoms with Gasteiger partial charge in [0.1, 0.15) is 0 Å². The predicted octanol–water partition coefficient (Wildman–Crippen LogP) is 2.56. The maximum Gasteiger partial charge on any atom is 0.174 e. The summed E-state index contributed by atoms with van der Waals surface area (Å²) in [6.45, 7) is 1.76. The van der Waals surface area contributed by atoms with E-state index in [1.54, 1.807) is 5.56 Å². The Kier molecular flexibility index (Phi) is 5.94. The Labute approximate surface area is 183 Å². The van der Waals surface area contributed by atoms with Crippen molar-refractivity contribution in [3.8, 4) is 0 Å². The molecular weight excluding hydrogens is 399 g/mol. The van der Waals surface area contributed by atoms with Crippen molar-refractivity contribution in [3.63, 3.8) is 0 Å². The van der Waals surface area contributed by atoms with E-state index in [-0.39, 0.29) is 12.4 Å². The molecule has 4 heteroatoms. The number of aryl methyl sites for hydroxylation is 1. The summed E-state index contributed by atoms with van der Waals surface area (Å²) in [4.78, 5) is 0. The van der Waals surface area contributed by atoms with E-state index >= 15 is 0 Å². The first-order valence-electron chi connectivity index (χ1n) is 10.1. The molecule has 0 atom stereocenters. The van der Waals surface area contributed by atoms with Crippen LogP contribution in [0.4, 0.5) is 0 Å². The number of benzene rings is 2. The summed E-state index contributed by atoms with van der Waals surface area (Å²) in [5.41, 5.74) is 7.04. The quantitative estimate of drug-likeness (QED) is 0.447. The van der Waals surface area contributed by atoms with Crippen LogP contribution >= 0.6 is 11.6 Å². The lowest BCUT2D eigenvalue weighted by molar-refractivity contribution is -0.688. The van der Waals surface area contributed by atoms with Gasteiger partial charge in [0.15, 0.2) is 18.9 Å². The number of fused-ring (bicyclic) bond motifs is 3. The molecule has 0 spiro atoms. The van der Waals surface area contributed by atoms with Crippen LogP contribution in [0.3, 0.4) is 0 Å². The zero-order valence-corrected chi connectivity index (χ0v) is 17.8. The third-order valence-corrected chi connectivity index (χ3v) is 6.03. The highest BCUT2D eigenvalue weighted by Gasteiger charge is 2.20. The second kappa shape index (κ2) is 8.61. The van der Waals surface area contributed by atoms with Gasteiger partial charge in [0.05, 0.1) is 6.54 Å². The third kappa shape index (κ3) is 4.05. The van der Waals surface area contributed by atoms with Crippen LogP contribution in [0.2, 0.25) is 5.02 Å². The van der Waals surface area contributed by atoms with Crippen LogP contribution in [0.5, 0.6) is 0 Å². The van der Waals surface area contributed by atoms with Gasteiger partial charge in [-0.1, -0.05) is 41.9 Å². The minimum atomic E-state index is 0. The minimum absolute atomic E-state index is 0. The highest BCUT2D eigenvalue weighted by Crippen LogP contribution is 2.32. The SMILES string of the molecule is Clc1cccc(C[n+]2cccc(Cn3c4c(c5ccccc53)CCCC4)c2)c1.[Cl-]. The van der Waals surface area contributed by atoms with E-state index in [4.69, 9.17) is 11.6 Å². The molecule has 0 N–H and O–H groups in total. The first kappa shape index (κ1) is 20.0. The molecule has 148 valence electrons. The Hall–Kier alpha value is -2.29. The molecule has 0 bridgehead atoms. The van der Waals surface area contributed by atoms with Gasteiger partial charge >= 0.3 is 0 Å². The maximum atomic E-state index is 6.15. The second-order valence-corrected chi connectivity index (χ2v) is 8.19. The first-order valence-corrected chi connectivity index (χ1v) is 10.5. The van der Waals surface area contributed by atoms with E-state index in [0.29, 0.717) is 0 Å². The molecule has 0 fully saturated rings. The Morgan fingerprint density at radius 3 is 2.62 bits per heavy atom. The fourth-order valence-electron chi connectivity index (χ4n) is 4.56. The predicted molar refractivity (Wildman–Crippen MR) is 115 cm³/mol. The van der Waals surface area contributed by atoms with Gasteiger partial charge in [0.2, 0.25) is 0 Å². The zero-order chi connectivity index (χ0) is 18.9. The Bertz CT molecular complexity index is 1150. The van der Waals surface area contributed by atoms with Crippen molar-refractivity contribution < 1.29 is 17.0 Å². The summed E-state index contributed by atoms with van der Waals surface area (Å²) in [6.07, 6.45) is 9.42. The number of hydrogen-bond donors (Lipinski definition) is 0. The van der Waals surface area contributed by atoms with Crippen LogP contribution in [0.25, 0.3) is 10.9 Å². The van der Waals surface area contributed by atoms with Crippen LogP contribution in [-0.2, 0) is 25.9 Å². The van der Waals surface area contributed by atoms with E-state index in [0.717, 1.165) is 18.1 Å². The van der Waals surface area contributed by atoms with Gasteiger partial charge in [-0.3, -0.25) is 0 Å². The van der Waals surface area contributed by atoms with Gasteiger partial charge in [0, 0.05) is 38.8 Å². The second-order valence-electron chi connectivity index (χ2n) is 7.75. The fraction of sp³-hybridized carbons (Fsp3) is 0.240. The molecule has 2 aromatic heterocycles. The van der Waals surface area contributed by atoms with Crippen LogP contribution in [-0.4, -0.2) is 4.57 Å². The van der Waals surface area contributed by atoms with E-state index in [1.165, 1.54) is 53.4 Å². The maximum absolute atomic E-state index is 6.15. The molecule has 0 radical (unpaired) electrons. The number of aromatic nitrogens is 2. The number of nitrogens with zero attached hydrogens (tertiary/aromatic N) is 2. The van der Waals surface area contributed by atoms with E-state index in [9.17, 15) is 0 Å². The average Bonchev–Trinajstić information content (AvgIpc) is 3.03. The molecule has 29 heavy (non-hydrogen) atoms. The molecule has 0 amide bonds. The topological polar surface area (TPSA) is 8.81 Å². The molecule has 1 aliphatic carbocycles. The molecule has 0 aliphatic heterocycles. The summed E-state index contributed by atoms with van der Waals surface area (Å²) >= 11 is 6.15. The lowest BCUT2D eigenvalue weighted by Crippen LogP contribution is -3.00. The van der Waals surface area contributed by atoms with Gasteiger partial charge in [-0.05, 0) is 55.5 Å². The molecular formula is C25H24Cl2N2. The minimum Gasteiger partial charge on any atom is -1.00 e. The first-order chi connectivity index (χ1) is 13.8. The molecule has 2 heterocycles. The van der Waals surface area contributed by atoms with Crippen molar-refractivity contribution >= 4 is 22.5 Å². The number of pyridine rings is 1. The average molecular weight is 423 g/mol. The zero-order valence-electron chi connectivity index (χ0n) is 16.3. The van der Waals surface area contributed by atoms with Crippen molar-refractivity contribution in [2.24, 2.45) is 0 Å². The highest BCUT2D eigenvalue weighted by atomic mass is 35.5. The lowest BCUT2D eigenvalue weighted by atomic mass is 9.95. The number of hydrogen-bond acceptors (Lipinski definition) is 0. The summed E-state index contributed by atoms with van der Waals surface area (Å²) in [5, 5.41) is 2.24. The van der Waals surface area contributed by atoms with Crippen LogP contribution in [0.1, 0.15) is 35.2 Å². The normalized spacial score (nSPS) is 13.1. The van der Waals surface area contributed by atoms with Crippen molar-refractivity contribution in [1.82, 2.24) is 4.57 Å². The van der Waals surface area contributed by atoms with E-state index in [2.05, 4.69) is 64.0 Å². The van der Waals surface area contributed by atoms with Gasteiger partial charge < -0.3 is 17.0 Å². The molecule has 5 rings (SSSR count). The molecule has 2 aromatic carbocycles. The molecule has 4 aromatic rings. The van der Waals surface area contributed by atoms with Crippen LogP contribution in [0, 0.1) is 0 Å². The third-order valence-electron chi connectivity index (χ3n) is 5.80. The van der Waals surface area contributed by atoms with Gasteiger partial charge in [-0.15, -0.1) is 0 Å². The van der Waals surface area contributed by atoms with Gasteiger partial charge in [-0.2, -0.15) is 0 Å². The highest BCUT2D eigenvalue weighted by molar-refractivity contribution is 6.30. The standard InChI is InChI=1S/C25H24ClN2.ClH/c26-21-9-5-7-19(15-21)16-27-14-6-8-20(17-27)18-28-24-12-3-1-10-22(24)23-11-2-4-13-25(23)28;/h1,3,5-10,12,14-15,17H,2,4,11,13,16,18H2;1H/q+1;/p-1. The van der Waals surface area contributed by atoms with Crippen molar-refractivity contribution in [2.45, 2.75) is 38.8 Å². The monoisotopic (exact) mass is 422 g/mol. The van der Waals surface area contributed by atoms with Crippen LogP contribution < -0.4 is 17.0 Å². The molecule has 0 saturated carbocycles. The Balaban J connectivity index is 0.00000205. The largest absolute Gasteiger partial charge is 1.00 e. The summed E-state index contributed by atoms with van der Waals surface area (Å²) in [7, 11) is 0. The number of rotatable bonds is 4. The van der Waals surface area contributed by atoms with Crippen molar-refractivity contribution in [1.29, 1.82) is 0 Å².